The third-order valence-corrected chi connectivity index (χ3v) is 7.92. The van der Waals surface area contributed by atoms with Crippen molar-refractivity contribution in [2.24, 2.45) is 5.11 Å². The largest absolute Gasteiger partial charge is 0.480 e. The van der Waals surface area contributed by atoms with E-state index in [0.29, 0.717) is 18.0 Å². The first-order chi connectivity index (χ1) is 16.9. The summed E-state index contributed by atoms with van der Waals surface area (Å²) in [6.07, 6.45) is 1.67. The fraction of sp³-hybridized carbons (Fsp3) is 0.481. The molecule has 0 saturated carbocycles. The third-order valence-electron chi connectivity index (χ3n) is 7.92. The van der Waals surface area contributed by atoms with Crippen LogP contribution in [0.1, 0.15) is 32.3 Å². The highest BCUT2D eigenvalue weighted by Gasteiger charge is 2.63. The summed E-state index contributed by atoms with van der Waals surface area (Å²) >= 11 is 0. The third kappa shape index (κ3) is 4.24. The number of nitrogens with one attached hydrogen (secondary N) is 1. The zero-order valence-corrected chi connectivity index (χ0v) is 20.4. The molecule has 0 radical (unpaired) electrons. The van der Waals surface area contributed by atoms with E-state index >= 15 is 0 Å². The Balaban J connectivity index is 1.45. The minimum atomic E-state index is -0.572. The van der Waals surface area contributed by atoms with Gasteiger partial charge in [0.15, 0.2) is 24.2 Å². The van der Waals surface area contributed by atoms with Gasteiger partial charge >= 0.3 is 0 Å². The minimum Gasteiger partial charge on any atom is -0.480 e. The maximum absolute atomic E-state index is 14.2. The molecule has 1 unspecified atom stereocenters. The van der Waals surface area contributed by atoms with Gasteiger partial charge in [0.2, 0.25) is 11.9 Å². The van der Waals surface area contributed by atoms with Crippen molar-refractivity contribution in [3.8, 4) is 5.75 Å². The van der Waals surface area contributed by atoms with Gasteiger partial charge in [0.25, 0.3) is 5.69 Å². The van der Waals surface area contributed by atoms with Gasteiger partial charge in [-0.1, -0.05) is 35.0 Å². The molecule has 1 saturated heterocycles. The summed E-state index contributed by atoms with van der Waals surface area (Å²) in [6, 6.07) is 13.8. The molecule has 2 aromatic rings. The van der Waals surface area contributed by atoms with Gasteiger partial charge in [-0.2, -0.15) is 0 Å². The van der Waals surface area contributed by atoms with Crippen LogP contribution in [0.3, 0.4) is 0 Å². The number of rotatable bonds is 6. The molecule has 184 valence electrons. The quantitative estimate of drug-likeness (QED) is 0.645. The molecular weight excluding hydrogens is 447 g/mol. The highest BCUT2D eigenvalue weighted by atomic mass is 19.1. The SMILES string of the molecule is CC(=O)C1N=[N+]2c3cc(F)ccc3OC[C@H]2[C@@]1(CCC[NH+]1CCN(C(C)=O)CC1)c1ccccc1. The Bertz CT molecular complexity index is 1150. The number of quaternary nitrogens is 1. The van der Waals surface area contributed by atoms with Crippen molar-refractivity contribution in [2.75, 3.05) is 39.3 Å². The van der Waals surface area contributed by atoms with Gasteiger partial charge in [-0.15, -0.1) is 0 Å². The van der Waals surface area contributed by atoms with E-state index in [1.165, 1.54) is 17.0 Å². The molecular formula is C27H33FN4O3+2. The van der Waals surface area contributed by atoms with Crippen molar-refractivity contribution in [2.45, 2.75) is 44.2 Å². The van der Waals surface area contributed by atoms with Crippen LogP contribution in [0.2, 0.25) is 0 Å². The highest BCUT2D eigenvalue weighted by molar-refractivity contribution is 5.84. The Kier molecular flexibility index (Phi) is 6.40. The number of fused-ring (bicyclic) bond motifs is 3. The maximum Gasteiger partial charge on any atom is 0.276 e. The topological polar surface area (TPSA) is 66.4 Å². The number of ether oxygens (including phenoxy) is 1. The number of halogens is 1. The van der Waals surface area contributed by atoms with E-state index in [1.54, 1.807) is 19.9 Å². The Hall–Kier alpha value is -3.13. The number of nitrogens with zero attached hydrogens (tertiary/aromatic N) is 3. The molecule has 1 N–H and O–H groups in total. The Morgan fingerprint density at radius 1 is 1.17 bits per heavy atom. The minimum absolute atomic E-state index is 0.00336. The van der Waals surface area contributed by atoms with Crippen molar-refractivity contribution in [1.82, 2.24) is 4.90 Å². The zero-order chi connectivity index (χ0) is 24.6. The van der Waals surface area contributed by atoms with E-state index in [2.05, 4.69) is 12.1 Å². The second kappa shape index (κ2) is 9.49. The van der Waals surface area contributed by atoms with Gasteiger partial charge < -0.3 is 14.5 Å². The van der Waals surface area contributed by atoms with Gasteiger partial charge in [0.05, 0.1) is 44.2 Å². The standard InChI is InChI=1S/C27H32FN4O3/c1-19(33)26-27(21-7-4-3-5-8-21,11-6-12-30-13-15-31(16-14-30)20(2)34)25-18-35-24-10-9-22(28)17-23(24)32(25)29-26/h3-5,7-10,17,25-26H,6,11-16,18H2,1-2H3/q+1/p+1/t25-,26?,27+/m0/s1. The molecule has 3 heterocycles. The number of hydrogen-bond acceptors (Lipinski definition) is 4. The number of carbonyl (C=O) groups is 2. The van der Waals surface area contributed by atoms with E-state index in [4.69, 9.17) is 9.85 Å². The van der Waals surface area contributed by atoms with Gasteiger partial charge in [0.1, 0.15) is 5.82 Å². The van der Waals surface area contributed by atoms with Crippen LogP contribution < -0.4 is 9.64 Å². The number of hydrogen-bond donors (Lipinski definition) is 1. The molecule has 5 rings (SSSR count). The van der Waals surface area contributed by atoms with E-state index < -0.39 is 11.5 Å². The van der Waals surface area contributed by atoms with Crippen LogP contribution in [-0.4, -0.2) is 72.7 Å². The predicted molar refractivity (Wildman–Crippen MR) is 128 cm³/mol. The summed E-state index contributed by atoms with van der Waals surface area (Å²) in [7, 11) is 0. The van der Waals surface area contributed by atoms with Gasteiger partial charge in [0, 0.05) is 6.92 Å². The fourth-order valence-corrected chi connectivity index (χ4v) is 6.13. The lowest BCUT2D eigenvalue weighted by Gasteiger charge is -2.36. The summed E-state index contributed by atoms with van der Waals surface area (Å²) in [5, 5.41) is 4.90. The van der Waals surface area contributed by atoms with E-state index in [0.717, 1.165) is 51.1 Å². The lowest BCUT2D eigenvalue weighted by molar-refractivity contribution is -0.904. The molecule has 0 spiro atoms. The monoisotopic (exact) mass is 480 g/mol. The Labute approximate surface area is 205 Å². The van der Waals surface area contributed by atoms with Gasteiger partial charge in [-0.05, 0) is 42.6 Å². The van der Waals surface area contributed by atoms with Crippen LogP contribution in [0, 0.1) is 5.82 Å². The molecule has 3 atom stereocenters. The molecule has 8 heteroatoms. The maximum atomic E-state index is 14.2. The van der Waals surface area contributed by atoms with Crippen LogP contribution in [-0.2, 0) is 15.0 Å². The van der Waals surface area contributed by atoms with Crippen molar-refractivity contribution in [3.63, 3.8) is 0 Å². The smallest absolute Gasteiger partial charge is 0.276 e. The Morgan fingerprint density at radius 3 is 2.60 bits per heavy atom. The predicted octanol–water partition coefficient (Wildman–Crippen LogP) is 2.12. The molecule has 35 heavy (non-hydrogen) atoms. The zero-order valence-electron chi connectivity index (χ0n) is 20.4. The average Bonchev–Trinajstić information content (AvgIpc) is 3.21. The molecule has 1 fully saturated rings. The molecule has 7 nitrogen and oxygen atoms in total. The first-order valence-electron chi connectivity index (χ1n) is 12.5. The van der Waals surface area contributed by atoms with E-state index in [1.807, 2.05) is 27.8 Å². The second-order valence-electron chi connectivity index (χ2n) is 9.93. The molecule has 0 aliphatic carbocycles. The van der Waals surface area contributed by atoms with Crippen molar-refractivity contribution in [1.29, 1.82) is 0 Å². The van der Waals surface area contributed by atoms with Gasteiger partial charge in [-0.3, -0.25) is 9.59 Å². The number of piperazine rings is 1. The fourth-order valence-electron chi connectivity index (χ4n) is 6.13. The molecule has 3 aliphatic rings. The number of carbonyl (C=O) groups excluding carboxylic acids is 2. The lowest BCUT2D eigenvalue weighted by atomic mass is 9.65. The number of amides is 1. The first-order valence-corrected chi connectivity index (χ1v) is 12.5. The lowest BCUT2D eigenvalue weighted by Crippen LogP contribution is -3.14. The second-order valence-corrected chi connectivity index (χ2v) is 9.93. The van der Waals surface area contributed by atoms with E-state index in [-0.39, 0.29) is 23.5 Å². The molecule has 0 bridgehead atoms. The van der Waals surface area contributed by atoms with Crippen LogP contribution in [0.15, 0.2) is 53.6 Å². The summed E-state index contributed by atoms with van der Waals surface area (Å²) in [5.41, 5.74) is 1.07. The number of benzene rings is 2. The van der Waals surface area contributed by atoms with Crippen LogP contribution in [0.5, 0.6) is 5.75 Å². The molecule has 2 aromatic carbocycles. The summed E-state index contributed by atoms with van der Waals surface area (Å²) in [5.74, 6) is 0.375. The summed E-state index contributed by atoms with van der Waals surface area (Å²) < 4.78 is 22.1. The molecule has 0 aromatic heterocycles. The number of Topliss-reactive ketones (excluding diaryl/α,β-unsaturated/α-hetero) is 1. The van der Waals surface area contributed by atoms with Crippen molar-refractivity contribution >= 4 is 17.4 Å². The normalized spacial score (nSPS) is 25.9. The van der Waals surface area contributed by atoms with Crippen LogP contribution in [0.4, 0.5) is 10.1 Å². The number of ketones is 1. The number of azo groups is 2. The Morgan fingerprint density at radius 2 is 1.91 bits per heavy atom. The highest BCUT2D eigenvalue weighted by Crippen LogP contribution is 2.49. The average molecular weight is 481 g/mol. The first kappa shape index (κ1) is 23.6. The van der Waals surface area contributed by atoms with Crippen molar-refractivity contribution in [3.05, 3.63) is 59.9 Å². The summed E-state index contributed by atoms with van der Waals surface area (Å²) in [4.78, 5) is 28.1. The van der Waals surface area contributed by atoms with Crippen LogP contribution >= 0.6 is 0 Å². The van der Waals surface area contributed by atoms with Gasteiger partial charge in [-0.25, -0.2) is 4.39 Å². The van der Waals surface area contributed by atoms with E-state index in [9.17, 15) is 14.0 Å². The summed E-state index contributed by atoms with van der Waals surface area (Å²) in [6.45, 7) is 8.01. The molecule has 1 amide bonds. The molecule has 3 aliphatic heterocycles. The van der Waals surface area contributed by atoms with Crippen molar-refractivity contribution < 1.29 is 28.3 Å². The van der Waals surface area contributed by atoms with Crippen LogP contribution in [0.25, 0.3) is 0 Å².